The molecule has 0 amide bonds. The second-order valence-corrected chi connectivity index (χ2v) is 5.26. The Kier molecular flexibility index (Phi) is 2.96. The Morgan fingerprint density at radius 1 is 1.36 bits per heavy atom. The zero-order chi connectivity index (χ0) is 10.1. The van der Waals surface area contributed by atoms with Crippen LogP contribution in [0.2, 0.25) is 0 Å². The van der Waals surface area contributed by atoms with Crippen molar-refractivity contribution in [3.8, 4) is 0 Å². The van der Waals surface area contributed by atoms with E-state index in [1.54, 1.807) is 0 Å². The molecule has 0 radical (unpaired) electrons. The molecule has 2 aliphatic rings. The minimum Gasteiger partial charge on any atom is -0.314 e. The lowest BCUT2D eigenvalue weighted by Gasteiger charge is -2.20. The average molecular weight is 193 g/mol. The summed E-state index contributed by atoms with van der Waals surface area (Å²) in [6.45, 7) is 4.52. The molecule has 4 unspecified atom stereocenters. The first kappa shape index (κ1) is 10.2. The Bertz CT molecular complexity index is 231. The van der Waals surface area contributed by atoms with Gasteiger partial charge in [0.2, 0.25) is 0 Å². The summed E-state index contributed by atoms with van der Waals surface area (Å²) in [5.74, 6) is 3.00. The molecule has 0 heterocycles. The maximum absolute atomic E-state index is 3.31. The van der Waals surface area contributed by atoms with Gasteiger partial charge in [0.1, 0.15) is 0 Å². The van der Waals surface area contributed by atoms with E-state index in [0.29, 0.717) is 6.04 Å². The van der Waals surface area contributed by atoms with E-state index < -0.39 is 0 Å². The number of hydrogen-bond donors (Lipinski definition) is 1. The molecule has 1 N–H and O–H groups in total. The highest BCUT2D eigenvalue weighted by molar-refractivity contribution is 5.11. The maximum Gasteiger partial charge on any atom is 0.0245 e. The Morgan fingerprint density at radius 2 is 2.14 bits per heavy atom. The van der Waals surface area contributed by atoms with Crippen LogP contribution in [0, 0.1) is 17.8 Å². The molecule has 0 aromatic carbocycles. The molecule has 0 spiro atoms. The molecule has 2 saturated carbocycles. The van der Waals surface area contributed by atoms with Crippen molar-refractivity contribution in [3.63, 3.8) is 0 Å². The number of hydrogen-bond acceptors (Lipinski definition) is 1. The summed E-state index contributed by atoms with van der Waals surface area (Å²) in [5.41, 5.74) is 1.53. The number of likely N-dealkylation sites (N-methyl/N-ethyl adjacent to an activating group) is 1. The average Bonchev–Trinajstić information content (AvgIpc) is 2.77. The van der Waals surface area contributed by atoms with Gasteiger partial charge in [-0.15, -0.1) is 0 Å². The van der Waals surface area contributed by atoms with Crippen LogP contribution in [-0.4, -0.2) is 13.1 Å². The summed E-state index contributed by atoms with van der Waals surface area (Å²) >= 11 is 0. The molecule has 0 saturated heterocycles. The van der Waals surface area contributed by atoms with Crippen LogP contribution in [0.25, 0.3) is 0 Å². The second kappa shape index (κ2) is 4.06. The molecule has 14 heavy (non-hydrogen) atoms. The molecule has 80 valence electrons. The normalized spacial score (nSPS) is 39.1. The molecule has 1 nitrogen and oxygen atoms in total. The fraction of sp³-hybridized carbons (Fsp3) is 0.846. The molecule has 4 atom stereocenters. The largest absolute Gasteiger partial charge is 0.314 e. The molecular weight excluding hydrogens is 170 g/mol. The van der Waals surface area contributed by atoms with Crippen molar-refractivity contribution in [3.05, 3.63) is 11.6 Å². The molecule has 2 rings (SSSR count). The highest BCUT2D eigenvalue weighted by Crippen LogP contribution is 2.49. The first-order valence-electron chi connectivity index (χ1n) is 6.06. The minimum atomic E-state index is 0.550. The standard InChI is InChI=1S/C13H23N/c1-9(10(2)14-3)6-13-8-11-4-5-12(13)7-11/h6,10-14H,4-5,7-8H2,1-3H3/b9-6+. The molecule has 2 aliphatic carbocycles. The predicted molar refractivity (Wildman–Crippen MR) is 61.2 cm³/mol. The lowest BCUT2D eigenvalue weighted by molar-refractivity contribution is 0.391. The van der Waals surface area contributed by atoms with Gasteiger partial charge in [-0.2, -0.15) is 0 Å². The van der Waals surface area contributed by atoms with Crippen molar-refractivity contribution in [1.29, 1.82) is 0 Å². The lowest BCUT2D eigenvalue weighted by atomic mass is 9.87. The summed E-state index contributed by atoms with van der Waals surface area (Å²) in [4.78, 5) is 0. The minimum absolute atomic E-state index is 0.550. The topological polar surface area (TPSA) is 12.0 Å². The first-order chi connectivity index (χ1) is 6.70. The fourth-order valence-corrected chi connectivity index (χ4v) is 3.21. The van der Waals surface area contributed by atoms with Gasteiger partial charge in [-0.1, -0.05) is 18.1 Å². The van der Waals surface area contributed by atoms with Crippen molar-refractivity contribution in [2.24, 2.45) is 17.8 Å². The van der Waals surface area contributed by atoms with Crippen molar-refractivity contribution in [2.45, 2.75) is 45.6 Å². The summed E-state index contributed by atoms with van der Waals surface area (Å²) in [6.07, 6.45) is 8.54. The van der Waals surface area contributed by atoms with Gasteiger partial charge >= 0.3 is 0 Å². The second-order valence-electron chi connectivity index (χ2n) is 5.26. The van der Waals surface area contributed by atoms with Crippen LogP contribution in [0.15, 0.2) is 11.6 Å². The fourth-order valence-electron chi connectivity index (χ4n) is 3.21. The van der Waals surface area contributed by atoms with E-state index in [2.05, 4.69) is 25.2 Å². The summed E-state index contributed by atoms with van der Waals surface area (Å²) in [5, 5.41) is 3.31. The van der Waals surface area contributed by atoms with Gasteiger partial charge in [-0.05, 0) is 57.9 Å². The highest BCUT2D eigenvalue weighted by atomic mass is 14.9. The van der Waals surface area contributed by atoms with Crippen molar-refractivity contribution < 1.29 is 0 Å². The van der Waals surface area contributed by atoms with Gasteiger partial charge < -0.3 is 5.32 Å². The van der Waals surface area contributed by atoms with E-state index in [-0.39, 0.29) is 0 Å². The van der Waals surface area contributed by atoms with Gasteiger partial charge in [0.15, 0.2) is 0 Å². The third kappa shape index (κ3) is 1.88. The molecular formula is C13H23N. The van der Waals surface area contributed by atoms with E-state index in [1.165, 1.54) is 31.3 Å². The lowest BCUT2D eigenvalue weighted by Crippen LogP contribution is -2.23. The maximum atomic E-state index is 3.31. The Labute approximate surface area is 88.0 Å². The Hall–Kier alpha value is -0.300. The monoisotopic (exact) mass is 193 g/mol. The Balaban J connectivity index is 1.97. The predicted octanol–water partition coefficient (Wildman–Crippen LogP) is 2.98. The zero-order valence-corrected chi connectivity index (χ0v) is 9.72. The van der Waals surface area contributed by atoms with Crippen LogP contribution < -0.4 is 5.32 Å². The smallest absolute Gasteiger partial charge is 0.0245 e. The van der Waals surface area contributed by atoms with Crippen LogP contribution >= 0.6 is 0 Å². The molecule has 1 heteroatoms. The van der Waals surface area contributed by atoms with Crippen molar-refractivity contribution in [2.75, 3.05) is 7.05 Å². The molecule has 2 bridgehead atoms. The van der Waals surface area contributed by atoms with Gasteiger partial charge in [0.25, 0.3) is 0 Å². The van der Waals surface area contributed by atoms with E-state index >= 15 is 0 Å². The van der Waals surface area contributed by atoms with Gasteiger partial charge in [-0.3, -0.25) is 0 Å². The van der Waals surface area contributed by atoms with Crippen LogP contribution in [-0.2, 0) is 0 Å². The quantitative estimate of drug-likeness (QED) is 0.679. The van der Waals surface area contributed by atoms with E-state index in [1.807, 2.05) is 7.05 Å². The highest BCUT2D eigenvalue weighted by Gasteiger charge is 2.38. The van der Waals surface area contributed by atoms with Gasteiger partial charge in [0, 0.05) is 6.04 Å². The summed E-state index contributed by atoms with van der Waals surface area (Å²) in [6, 6.07) is 0.550. The summed E-state index contributed by atoms with van der Waals surface area (Å²) in [7, 11) is 2.04. The van der Waals surface area contributed by atoms with E-state index in [4.69, 9.17) is 0 Å². The SMILES string of the molecule is CNC(C)/C(C)=C/C1CC2CCC1C2. The van der Waals surface area contributed by atoms with Crippen LogP contribution in [0.4, 0.5) is 0 Å². The number of allylic oxidation sites excluding steroid dienone is 1. The molecule has 2 fully saturated rings. The van der Waals surface area contributed by atoms with Crippen LogP contribution in [0.5, 0.6) is 0 Å². The van der Waals surface area contributed by atoms with Crippen molar-refractivity contribution >= 4 is 0 Å². The van der Waals surface area contributed by atoms with E-state index in [9.17, 15) is 0 Å². The van der Waals surface area contributed by atoms with Crippen molar-refractivity contribution in [1.82, 2.24) is 5.32 Å². The van der Waals surface area contributed by atoms with Gasteiger partial charge in [-0.25, -0.2) is 0 Å². The first-order valence-corrected chi connectivity index (χ1v) is 6.06. The van der Waals surface area contributed by atoms with E-state index in [0.717, 1.165) is 17.8 Å². The molecule has 0 aromatic rings. The van der Waals surface area contributed by atoms with Gasteiger partial charge in [0.05, 0.1) is 0 Å². The summed E-state index contributed by atoms with van der Waals surface area (Å²) < 4.78 is 0. The third-order valence-electron chi connectivity index (χ3n) is 4.39. The number of nitrogens with one attached hydrogen (secondary N) is 1. The van der Waals surface area contributed by atoms with Crippen LogP contribution in [0.3, 0.4) is 0 Å². The zero-order valence-electron chi connectivity index (χ0n) is 9.72. The van der Waals surface area contributed by atoms with Crippen LogP contribution in [0.1, 0.15) is 39.5 Å². The Morgan fingerprint density at radius 3 is 2.64 bits per heavy atom. The third-order valence-corrected chi connectivity index (χ3v) is 4.39. The molecule has 0 aromatic heterocycles. The number of rotatable bonds is 3. The number of fused-ring (bicyclic) bond motifs is 2. The molecule has 0 aliphatic heterocycles.